The summed E-state index contributed by atoms with van der Waals surface area (Å²) >= 11 is 0. The van der Waals surface area contributed by atoms with Crippen molar-refractivity contribution in [2.45, 2.75) is 18.6 Å². The van der Waals surface area contributed by atoms with Crippen LogP contribution in [0.5, 0.6) is 0 Å². The number of fused-ring (bicyclic) bond motifs is 1. The number of aryl methyl sites for hydroxylation is 1. The molecule has 5 nitrogen and oxygen atoms in total. The number of hydrogen-bond acceptors (Lipinski definition) is 4. The maximum Gasteiger partial charge on any atom is 0.159 e. The smallest absolute Gasteiger partial charge is 0.159 e. The van der Waals surface area contributed by atoms with Gasteiger partial charge in [-0.05, 0) is 26.0 Å². The van der Waals surface area contributed by atoms with Crippen LogP contribution in [0.4, 0.5) is 0 Å². The van der Waals surface area contributed by atoms with E-state index in [2.05, 4.69) is 11.1 Å². The maximum absolute atomic E-state index is 11.9. The van der Waals surface area contributed by atoms with Gasteiger partial charge in [0.1, 0.15) is 22.2 Å². The first-order valence-electron chi connectivity index (χ1n) is 5.75. The first-order chi connectivity index (χ1) is 8.70. The molecule has 0 unspecified atom stereocenters. The van der Waals surface area contributed by atoms with Gasteiger partial charge in [0, 0.05) is 13.3 Å². The second-order valence-electron chi connectivity index (χ2n) is 5.06. The van der Waals surface area contributed by atoms with Gasteiger partial charge in [0.2, 0.25) is 0 Å². The average molecular weight is 277 g/mol. The predicted molar refractivity (Wildman–Crippen MR) is 73.3 cm³/mol. The fraction of sp³-hybridized carbons (Fsp3) is 0.385. The second kappa shape index (κ2) is 4.07. The van der Waals surface area contributed by atoms with E-state index in [1.165, 1.54) is 6.26 Å². The molecule has 0 bridgehead atoms. The molecule has 0 fully saturated rings. The van der Waals surface area contributed by atoms with Crippen LogP contribution in [0, 0.1) is 11.3 Å². The Morgan fingerprint density at radius 3 is 2.53 bits per heavy atom. The highest BCUT2D eigenvalue weighted by atomic mass is 32.2. The number of aromatic nitrogens is 2. The molecule has 1 aromatic heterocycles. The zero-order valence-corrected chi connectivity index (χ0v) is 12.1. The molecule has 0 radical (unpaired) electrons. The van der Waals surface area contributed by atoms with E-state index in [4.69, 9.17) is 5.26 Å². The number of nitrogens with zero attached hydrogens (tertiary/aromatic N) is 3. The molecule has 0 aliphatic rings. The summed E-state index contributed by atoms with van der Waals surface area (Å²) in [6.07, 6.45) is 1.19. The molecule has 1 aromatic carbocycles. The molecule has 0 saturated heterocycles. The van der Waals surface area contributed by atoms with Crippen molar-refractivity contribution in [3.8, 4) is 6.07 Å². The summed E-state index contributed by atoms with van der Waals surface area (Å²) in [4.78, 5) is 4.38. The van der Waals surface area contributed by atoms with Crippen molar-refractivity contribution < 1.29 is 8.42 Å². The standard InChI is InChI=1S/C13H15N3O2S/c1-13(2,19(4,17)18)12-15-11-9(8-14)6-5-7-10(11)16(12)3/h5-7H,1-4H3. The first-order valence-corrected chi connectivity index (χ1v) is 7.65. The van der Waals surface area contributed by atoms with Crippen LogP contribution < -0.4 is 0 Å². The summed E-state index contributed by atoms with van der Waals surface area (Å²) in [5.74, 6) is 0.438. The molecule has 19 heavy (non-hydrogen) atoms. The lowest BCUT2D eigenvalue weighted by Gasteiger charge is -2.21. The number of rotatable bonds is 2. The minimum absolute atomic E-state index is 0.438. The van der Waals surface area contributed by atoms with Gasteiger partial charge in [-0.25, -0.2) is 13.4 Å². The van der Waals surface area contributed by atoms with Crippen molar-refractivity contribution in [1.82, 2.24) is 9.55 Å². The summed E-state index contributed by atoms with van der Waals surface area (Å²) < 4.78 is 24.5. The topological polar surface area (TPSA) is 75.8 Å². The zero-order valence-electron chi connectivity index (χ0n) is 11.3. The lowest BCUT2D eigenvalue weighted by atomic mass is 10.2. The van der Waals surface area contributed by atoms with Crippen molar-refractivity contribution in [3.05, 3.63) is 29.6 Å². The van der Waals surface area contributed by atoms with E-state index in [1.807, 2.05) is 6.07 Å². The maximum atomic E-state index is 11.9. The number of benzene rings is 1. The van der Waals surface area contributed by atoms with Gasteiger partial charge >= 0.3 is 0 Å². The minimum Gasteiger partial charge on any atom is -0.330 e. The fourth-order valence-corrected chi connectivity index (χ4v) is 2.52. The van der Waals surface area contributed by atoms with Gasteiger partial charge < -0.3 is 4.57 Å². The summed E-state index contributed by atoms with van der Waals surface area (Å²) in [5.41, 5.74) is 1.74. The molecule has 0 atom stereocenters. The van der Waals surface area contributed by atoms with E-state index >= 15 is 0 Å². The molecule has 0 aliphatic heterocycles. The van der Waals surface area contributed by atoms with Crippen LogP contribution >= 0.6 is 0 Å². The molecule has 0 N–H and O–H groups in total. The molecule has 0 spiro atoms. The summed E-state index contributed by atoms with van der Waals surface area (Å²) in [5, 5.41) is 9.08. The Bertz CT molecular complexity index is 795. The van der Waals surface area contributed by atoms with Crippen molar-refractivity contribution in [2.24, 2.45) is 7.05 Å². The van der Waals surface area contributed by atoms with E-state index in [9.17, 15) is 8.42 Å². The zero-order chi connectivity index (χ0) is 14.4. The van der Waals surface area contributed by atoms with E-state index in [0.29, 0.717) is 16.9 Å². The van der Waals surface area contributed by atoms with Crippen LogP contribution in [0.1, 0.15) is 25.2 Å². The van der Waals surface area contributed by atoms with E-state index in [-0.39, 0.29) is 0 Å². The van der Waals surface area contributed by atoms with Gasteiger partial charge in [-0.15, -0.1) is 0 Å². The molecule has 2 aromatic rings. The number of hydrogen-bond donors (Lipinski definition) is 0. The van der Waals surface area contributed by atoms with E-state index in [1.54, 1.807) is 37.6 Å². The van der Waals surface area contributed by atoms with Crippen LogP contribution in [-0.4, -0.2) is 24.2 Å². The fourth-order valence-electron chi connectivity index (χ4n) is 2.01. The molecule has 0 saturated carbocycles. The Labute approximate surface area is 112 Å². The van der Waals surface area contributed by atoms with Gasteiger partial charge in [-0.3, -0.25) is 0 Å². The Hall–Kier alpha value is -1.87. The lowest BCUT2D eigenvalue weighted by Crippen LogP contribution is -2.31. The highest BCUT2D eigenvalue weighted by Gasteiger charge is 2.37. The van der Waals surface area contributed by atoms with Gasteiger partial charge in [-0.2, -0.15) is 5.26 Å². The summed E-state index contributed by atoms with van der Waals surface area (Å²) in [6.45, 7) is 3.24. The second-order valence-corrected chi connectivity index (χ2v) is 7.63. The third-order valence-electron chi connectivity index (χ3n) is 3.50. The van der Waals surface area contributed by atoms with E-state index in [0.717, 1.165) is 5.52 Å². The van der Waals surface area contributed by atoms with Gasteiger partial charge in [0.25, 0.3) is 0 Å². The molecule has 1 heterocycles. The van der Waals surface area contributed by atoms with Crippen molar-refractivity contribution in [1.29, 1.82) is 5.26 Å². The Kier molecular flexibility index (Phi) is 2.90. The Morgan fingerprint density at radius 1 is 1.37 bits per heavy atom. The number of sulfone groups is 1. The van der Waals surface area contributed by atoms with Crippen LogP contribution in [0.3, 0.4) is 0 Å². The molecule has 0 aliphatic carbocycles. The monoisotopic (exact) mass is 277 g/mol. The van der Waals surface area contributed by atoms with Crippen LogP contribution in [0.15, 0.2) is 18.2 Å². The van der Waals surface area contributed by atoms with Gasteiger partial charge in [-0.1, -0.05) is 6.07 Å². The lowest BCUT2D eigenvalue weighted by molar-refractivity contribution is 0.543. The number of imidazole rings is 1. The molecule has 6 heteroatoms. The molecule has 2 rings (SSSR count). The third kappa shape index (κ3) is 1.90. The molecule has 0 amide bonds. The number of para-hydroxylation sites is 1. The minimum atomic E-state index is -3.31. The Morgan fingerprint density at radius 2 is 2.00 bits per heavy atom. The van der Waals surface area contributed by atoms with E-state index < -0.39 is 14.6 Å². The first kappa shape index (κ1) is 13.6. The van der Waals surface area contributed by atoms with Crippen molar-refractivity contribution >= 4 is 20.9 Å². The van der Waals surface area contributed by atoms with Gasteiger partial charge in [0.05, 0.1) is 11.1 Å². The molecule has 100 valence electrons. The van der Waals surface area contributed by atoms with Crippen LogP contribution in [-0.2, 0) is 21.6 Å². The van der Waals surface area contributed by atoms with Crippen LogP contribution in [0.2, 0.25) is 0 Å². The third-order valence-corrected chi connectivity index (χ3v) is 5.53. The normalized spacial score (nSPS) is 12.6. The Balaban J connectivity index is 2.86. The number of nitriles is 1. The van der Waals surface area contributed by atoms with Crippen molar-refractivity contribution in [2.75, 3.05) is 6.26 Å². The molecular formula is C13H15N3O2S. The molecular weight excluding hydrogens is 262 g/mol. The van der Waals surface area contributed by atoms with Crippen molar-refractivity contribution in [3.63, 3.8) is 0 Å². The SMILES string of the molecule is Cn1c(C(C)(C)S(C)(=O)=O)nc2c(C#N)cccc21. The quantitative estimate of drug-likeness (QED) is 0.837. The largest absolute Gasteiger partial charge is 0.330 e. The highest BCUT2D eigenvalue weighted by Crippen LogP contribution is 2.31. The summed E-state index contributed by atoms with van der Waals surface area (Å²) in [7, 11) is -1.55. The average Bonchev–Trinajstić information content (AvgIpc) is 2.66. The predicted octanol–water partition coefficient (Wildman–Crippen LogP) is 1.72. The van der Waals surface area contributed by atoms with Gasteiger partial charge in [0.15, 0.2) is 9.84 Å². The summed E-state index contributed by atoms with van der Waals surface area (Å²) in [6, 6.07) is 7.34. The highest BCUT2D eigenvalue weighted by molar-refractivity contribution is 7.91. The van der Waals surface area contributed by atoms with Crippen LogP contribution in [0.25, 0.3) is 11.0 Å².